The fourth-order valence-corrected chi connectivity index (χ4v) is 6.25. The van der Waals surface area contributed by atoms with Crippen molar-refractivity contribution in [1.82, 2.24) is 9.88 Å². The second-order valence-electron chi connectivity index (χ2n) is 9.18. The Balaban J connectivity index is 1.58. The van der Waals surface area contributed by atoms with Gasteiger partial charge in [-0.25, -0.2) is 0 Å². The molecule has 0 unspecified atom stereocenters. The Labute approximate surface area is 202 Å². The van der Waals surface area contributed by atoms with E-state index < -0.39 is 5.54 Å². The van der Waals surface area contributed by atoms with Gasteiger partial charge in [0, 0.05) is 11.7 Å². The highest BCUT2D eigenvalue weighted by Crippen LogP contribution is 2.39. The maximum atomic E-state index is 13.9. The third kappa shape index (κ3) is 3.81. The molecule has 0 spiro atoms. The van der Waals surface area contributed by atoms with Crippen LogP contribution in [0.25, 0.3) is 10.2 Å². The number of rotatable bonds is 4. The number of carbonyl (C=O) groups excluding carboxylic acids is 2. The van der Waals surface area contributed by atoms with Gasteiger partial charge in [-0.15, -0.1) is 11.3 Å². The Hall–Kier alpha value is -2.51. The summed E-state index contributed by atoms with van der Waals surface area (Å²) < 4.78 is 8.32. The van der Waals surface area contributed by atoms with Crippen LogP contribution in [0.1, 0.15) is 55.9 Å². The maximum absolute atomic E-state index is 13.9. The molecule has 0 saturated heterocycles. The zero-order chi connectivity index (χ0) is 23.2. The van der Waals surface area contributed by atoms with Crippen molar-refractivity contribution in [2.75, 3.05) is 12.0 Å². The first-order valence-corrected chi connectivity index (χ1v) is 12.7. The first-order valence-electron chi connectivity index (χ1n) is 11.5. The van der Waals surface area contributed by atoms with E-state index in [2.05, 4.69) is 5.32 Å². The van der Waals surface area contributed by atoms with Crippen LogP contribution in [0.2, 0.25) is 5.02 Å². The van der Waals surface area contributed by atoms with Crippen molar-refractivity contribution in [3.63, 3.8) is 0 Å². The van der Waals surface area contributed by atoms with Crippen molar-refractivity contribution in [1.29, 1.82) is 0 Å². The van der Waals surface area contributed by atoms with Crippen LogP contribution in [-0.4, -0.2) is 35.1 Å². The van der Waals surface area contributed by atoms with Crippen LogP contribution in [0, 0.1) is 0 Å². The lowest BCUT2D eigenvalue weighted by Crippen LogP contribution is -2.65. The van der Waals surface area contributed by atoms with Crippen molar-refractivity contribution >= 4 is 50.7 Å². The van der Waals surface area contributed by atoms with Gasteiger partial charge < -0.3 is 14.6 Å². The number of fused-ring (bicyclic) bond motifs is 3. The van der Waals surface area contributed by atoms with E-state index in [1.165, 1.54) is 12.8 Å². The highest BCUT2D eigenvalue weighted by molar-refractivity contribution is 7.17. The Bertz CT molecular complexity index is 1210. The summed E-state index contributed by atoms with van der Waals surface area (Å²) in [6.45, 7) is 2.23. The summed E-state index contributed by atoms with van der Waals surface area (Å²) in [6.07, 6.45) is 6.62. The molecule has 2 aromatic heterocycles. The van der Waals surface area contributed by atoms with Gasteiger partial charge in [0.25, 0.3) is 5.91 Å². The van der Waals surface area contributed by atoms with Gasteiger partial charge in [-0.05, 0) is 55.5 Å². The number of methoxy groups -OCH3 is 1. The average molecular weight is 486 g/mol. The van der Waals surface area contributed by atoms with Crippen LogP contribution in [0.5, 0.6) is 5.75 Å². The fraction of sp³-hybridized carbons (Fsp3) is 0.440. The molecule has 3 aromatic rings. The summed E-state index contributed by atoms with van der Waals surface area (Å²) in [5, 5.41) is 5.70. The van der Waals surface area contributed by atoms with Crippen molar-refractivity contribution in [2.24, 2.45) is 0 Å². The minimum atomic E-state index is -1.11. The summed E-state index contributed by atoms with van der Waals surface area (Å²) in [4.78, 5) is 29.4. The largest absolute Gasteiger partial charge is 0.495 e. The highest BCUT2D eigenvalue weighted by atomic mass is 35.5. The fourth-order valence-electron chi connectivity index (χ4n) is 5.18. The Kier molecular flexibility index (Phi) is 5.87. The predicted octanol–water partition coefficient (Wildman–Crippen LogP) is 5.62. The second-order valence-corrected chi connectivity index (χ2v) is 10.5. The van der Waals surface area contributed by atoms with E-state index in [1.807, 2.05) is 29.0 Å². The number of carbonyl (C=O) groups is 2. The lowest BCUT2D eigenvalue weighted by molar-refractivity contribution is -0.127. The highest BCUT2D eigenvalue weighted by Gasteiger charge is 2.49. The number of aromatic nitrogens is 1. The van der Waals surface area contributed by atoms with Gasteiger partial charge in [-0.2, -0.15) is 0 Å². The van der Waals surface area contributed by atoms with Crippen molar-refractivity contribution in [2.45, 2.75) is 63.6 Å². The third-order valence-electron chi connectivity index (χ3n) is 6.98. The van der Waals surface area contributed by atoms with E-state index >= 15 is 0 Å². The van der Waals surface area contributed by atoms with Crippen LogP contribution in [0.3, 0.4) is 0 Å². The third-order valence-corrected chi connectivity index (χ3v) is 8.13. The number of hydrogen-bond donors (Lipinski definition) is 1. The molecule has 6 nitrogen and oxygen atoms in total. The summed E-state index contributed by atoms with van der Waals surface area (Å²) in [5.74, 6) is 0.195. The Morgan fingerprint density at radius 3 is 2.64 bits per heavy atom. The topological polar surface area (TPSA) is 63.6 Å². The summed E-state index contributed by atoms with van der Waals surface area (Å²) in [6, 6.07) is 9.31. The molecular weight excluding hydrogens is 458 g/mol. The number of thiophene rings is 1. The van der Waals surface area contributed by atoms with E-state index in [0.717, 1.165) is 35.9 Å². The van der Waals surface area contributed by atoms with Gasteiger partial charge in [0.1, 0.15) is 17.0 Å². The molecular formula is C25H28ClN3O3S. The normalized spacial score (nSPS) is 21.7. The second kappa shape index (κ2) is 8.69. The van der Waals surface area contributed by atoms with Crippen LogP contribution in [0.15, 0.2) is 35.7 Å². The molecule has 0 radical (unpaired) electrons. The molecule has 0 bridgehead atoms. The van der Waals surface area contributed by atoms with E-state index in [4.69, 9.17) is 16.3 Å². The van der Waals surface area contributed by atoms with Crippen LogP contribution in [-0.2, 0) is 11.3 Å². The number of halogens is 1. The molecule has 3 heterocycles. The zero-order valence-corrected chi connectivity index (χ0v) is 20.5. The number of benzene rings is 1. The summed E-state index contributed by atoms with van der Waals surface area (Å²) >= 11 is 8.02. The quantitative estimate of drug-likeness (QED) is 0.487. The molecule has 8 heteroatoms. The first kappa shape index (κ1) is 22.3. The molecule has 2 amide bonds. The number of anilines is 1. The van der Waals surface area contributed by atoms with Crippen LogP contribution < -0.4 is 15.0 Å². The molecule has 174 valence electrons. The smallest absolute Gasteiger partial charge is 0.275 e. The number of amides is 2. The van der Waals surface area contributed by atoms with Gasteiger partial charge in [-0.1, -0.05) is 37.3 Å². The molecule has 2 aliphatic rings. The van der Waals surface area contributed by atoms with Gasteiger partial charge >= 0.3 is 0 Å². The van der Waals surface area contributed by atoms with Gasteiger partial charge in [-0.3, -0.25) is 14.5 Å². The lowest BCUT2D eigenvalue weighted by Gasteiger charge is -2.44. The van der Waals surface area contributed by atoms with Crippen LogP contribution >= 0.6 is 22.9 Å². The van der Waals surface area contributed by atoms with Gasteiger partial charge in [0.05, 0.1) is 28.9 Å². The summed E-state index contributed by atoms with van der Waals surface area (Å²) in [7, 11) is 1.55. The van der Waals surface area contributed by atoms with Gasteiger partial charge in [0.2, 0.25) is 5.91 Å². The molecule has 1 fully saturated rings. The van der Waals surface area contributed by atoms with Crippen molar-refractivity contribution in [3.05, 3.63) is 46.4 Å². The van der Waals surface area contributed by atoms with E-state index in [0.29, 0.717) is 28.7 Å². The number of nitrogens with zero attached hydrogens (tertiary/aromatic N) is 2. The van der Waals surface area contributed by atoms with E-state index in [-0.39, 0.29) is 17.9 Å². The summed E-state index contributed by atoms with van der Waals surface area (Å²) in [5.41, 5.74) is 1.05. The molecule has 1 aliphatic heterocycles. The van der Waals surface area contributed by atoms with Gasteiger partial charge in [0.15, 0.2) is 0 Å². The average Bonchev–Trinajstić information content (AvgIpc) is 3.28. The van der Waals surface area contributed by atoms with E-state index in [9.17, 15) is 9.59 Å². The number of nitrogens with one attached hydrogen (secondary N) is 1. The standard InChI is InChI=1S/C25H28ClN3O3S/c1-25(24(31)27-16-7-5-3-4-6-8-16)15-28-19-11-12-33-22(19)14-20(28)23(30)29(25)17-9-10-21(32-2)18(26)13-17/h9-14,16H,3-8,15H2,1-2H3,(H,27,31)/t25-/m1/s1. The molecule has 1 atom stereocenters. The Morgan fingerprint density at radius 2 is 1.94 bits per heavy atom. The Morgan fingerprint density at radius 1 is 1.18 bits per heavy atom. The van der Waals surface area contributed by atoms with Crippen LogP contribution in [0.4, 0.5) is 5.69 Å². The molecule has 1 N–H and O–H groups in total. The predicted molar refractivity (Wildman–Crippen MR) is 133 cm³/mol. The number of hydrogen-bond acceptors (Lipinski definition) is 4. The lowest BCUT2D eigenvalue weighted by atomic mass is 9.92. The van der Waals surface area contributed by atoms with Crippen molar-refractivity contribution in [3.8, 4) is 5.75 Å². The molecule has 33 heavy (non-hydrogen) atoms. The number of ether oxygens (including phenoxy) is 1. The molecule has 1 aliphatic carbocycles. The molecule has 1 aromatic carbocycles. The minimum absolute atomic E-state index is 0.127. The minimum Gasteiger partial charge on any atom is -0.495 e. The van der Waals surface area contributed by atoms with E-state index in [1.54, 1.807) is 41.5 Å². The molecule has 5 rings (SSSR count). The van der Waals surface area contributed by atoms with Crippen molar-refractivity contribution < 1.29 is 14.3 Å². The maximum Gasteiger partial charge on any atom is 0.275 e. The first-order chi connectivity index (χ1) is 15.9. The monoisotopic (exact) mass is 485 g/mol. The zero-order valence-electron chi connectivity index (χ0n) is 18.9. The molecule has 1 saturated carbocycles. The SMILES string of the molecule is COc1ccc(N2C(=O)c3cc4sccc4n3C[C@]2(C)C(=O)NC2CCCCCC2)cc1Cl.